The molecule has 2 rings (SSSR count). The third-order valence-corrected chi connectivity index (χ3v) is 1.50. The minimum Gasteiger partial charge on any atom is -0.463 e. The summed E-state index contributed by atoms with van der Waals surface area (Å²) in [6.07, 6.45) is 4.57. The molecular weight excluding hydrogens is 154 g/mol. The standard InChI is InChI=1S/C8H7N3O/c9-6-4-10-5-11-8(6)7-2-1-3-12-7/h1-5H,9H2. The monoisotopic (exact) mass is 161 g/mol. The number of nitrogen functional groups attached to an aromatic ring is 1. The number of furan rings is 1. The molecule has 0 amide bonds. The minimum absolute atomic E-state index is 0.521. The SMILES string of the molecule is Nc1cncnc1-c1ccco1. The molecule has 2 aromatic heterocycles. The van der Waals surface area contributed by atoms with Gasteiger partial charge >= 0.3 is 0 Å². The number of hydrogen-bond acceptors (Lipinski definition) is 4. The first-order valence-corrected chi connectivity index (χ1v) is 3.47. The van der Waals surface area contributed by atoms with Crippen LogP contribution < -0.4 is 5.73 Å². The Hall–Kier alpha value is -1.84. The second-order valence-electron chi connectivity index (χ2n) is 2.30. The van der Waals surface area contributed by atoms with Gasteiger partial charge in [-0.1, -0.05) is 0 Å². The van der Waals surface area contributed by atoms with E-state index in [4.69, 9.17) is 10.2 Å². The van der Waals surface area contributed by atoms with Crippen LogP contribution in [-0.4, -0.2) is 9.97 Å². The first-order chi connectivity index (χ1) is 5.88. The number of aromatic nitrogens is 2. The van der Waals surface area contributed by atoms with Crippen molar-refractivity contribution in [3.05, 3.63) is 30.9 Å². The molecule has 0 bridgehead atoms. The van der Waals surface area contributed by atoms with E-state index in [1.807, 2.05) is 0 Å². The van der Waals surface area contributed by atoms with E-state index in [-0.39, 0.29) is 0 Å². The molecular formula is C8H7N3O. The van der Waals surface area contributed by atoms with Crippen LogP contribution in [0.25, 0.3) is 11.5 Å². The van der Waals surface area contributed by atoms with Crippen molar-refractivity contribution in [1.29, 1.82) is 0 Å². The first kappa shape index (κ1) is 6.84. The Kier molecular flexibility index (Phi) is 1.51. The molecule has 0 saturated carbocycles. The summed E-state index contributed by atoms with van der Waals surface area (Å²) in [6.45, 7) is 0. The Labute approximate surface area is 69.1 Å². The molecule has 4 heteroatoms. The van der Waals surface area contributed by atoms with Crippen molar-refractivity contribution in [1.82, 2.24) is 9.97 Å². The van der Waals surface area contributed by atoms with Crippen molar-refractivity contribution in [2.75, 3.05) is 5.73 Å². The zero-order valence-corrected chi connectivity index (χ0v) is 6.27. The first-order valence-electron chi connectivity index (χ1n) is 3.47. The molecule has 60 valence electrons. The van der Waals surface area contributed by atoms with Crippen LogP contribution in [0.5, 0.6) is 0 Å². The molecule has 0 unspecified atom stereocenters. The summed E-state index contributed by atoms with van der Waals surface area (Å²) in [5.41, 5.74) is 6.78. The van der Waals surface area contributed by atoms with Gasteiger partial charge in [0.05, 0.1) is 18.1 Å². The second-order valence-corrected chi connectivity index (χ2v) is 2.30. The highest BCUT2D eigenvalue weighted by atomic mass is 16.3. The molecule has 2 aromatic rings. The summed E-state index contributed by atoms with van der Waals surface area (Å²) in [6, 6.07) is 3.59. The molecule has 0 aliphatic carbocycles. The summed E-state index contributed by atoms with van der Waals surface area (Å²) in [5.74, 6) is 0.662. The molecule has 0 aliphatic heterocycles. The van der Waals surface area contributed by atoms with E-state index in [9.17, 15) is 0 Å². The minimum atomic E-state index is 0.521. The van der Waals surface area contributed by atoms with E-state index in [2.05, 4.69) is 9.97 Å². The highest BCUT2D eigenvalue weighted by Crippen LogP contribution is 2.21. The number of hydrogen-bond donors (Lipinski definition) is 1. The predicted octanol–water partition coefficient (Wildman–Crippen LogP) is 1.32. The smallest absolute Gasteiger partial charge is 0.154 e. The Bertz CT molecular complexity index is 370. The summed E-state index contributed by atoms with van der Waals surface area (Å²) in [7, 11) is 0. The maximum Gasteiger partial charge on any atom is 0.154 e. The Morgan fingerprint density at radius 3 is 3.00 bits per heavy atom. The topological polar surface area (TPSA) is 64.9 Å². The summed E-state index contributed by atoms with van der Waals surface area (Å²) in [5, 5.41) is 0. The van der Waals surface area contributed by atoms with Gasteiger partial charge in [0.25, 0.3) is 0 Å². The maximum absolute atomic E-state index is 5.63. The molecule has 2 heterocycles. The molecule has 0 spiro atoms. The summed E-state index contributed by atoms with van der Waals surface area (Å²) < 4.78 is 5.13. The number of nitrogens with two attached hydrogens (primary N) is 1. The van der Waals surface area contributed by atoms with E-state index in [0.29, 0.717) is 17.1 Å². The van der Waals surface area contributed by atoms with Gasteiger partial charge in [-0.3, -0.25) is 0 Å². The van der Waals surface area contributed by atoms with Crippen LogP contribution >= 0.6 is 0 Å². The normalized spacial score (nSPS) is 10.0. The van der Waals surface area contributed by atoms with Crippen molar-refractivity contribution >= 4 is 5.69 Å². The Morgan fingerprint density at radius 1 is 1.42 bits per heavy atom. The van der Waals surface area contributed by atoms with Gasteiger partial charge < -0.3 is 10.2 Å². The third kappa shape index (κ3) is 1.03. The molecule has 0 aliphatic rings. The van der Waals surface area contributed by atoms with Crippen LogP contribution in [-0.2, 0) is 0 Å². The largest absolute Gasteiger partial charge is 0.463 e. The van der Waals surface area contributed by atoms with Gasteiger partial charge in [0.15, 0.2) is 5.76 Å². The summed E-state index contributed by atoms with van der Waals surface area (Å²) in [4.78, 5) is 7.77. The summed E-state index contributed by atoms with van der Waals surface area (Å²) >= 11 is 0. The Balaban J connectivity index is 2.55. The number of rotatable bonds is 1. The van der Waals surface area contributed by atoms with E-state index in [1.165, 1.54) is 6.33 Å². The lowest BCUT2D eigenvalue weighted by molar-refractivity contribution is 0.580. The Morgan fingerprint density at radius 2 is 2.33 bits per heavy atom. The van der Waals surface area contributed by atoms with Gasteiger partial charge in [-0.2, -0.15) is 0 Å². The molecule has 0 atom stereocenters. The number of anilines is 1. The van der Waals surface area contributed by atoms with Crippen molar-refractivity contribution < 1.29 is 4.42 Å². The van der Waals surface area contributed by atoms with Crippen LogP contribution in [0.15, 0.2) is 35.3 Å². The van der Waals surface area contributed by atoms with Crippen molar-refractivity contribution in [3.8, 4) is 11.5 Å². The third-order valence-electron chi connectivity index (χ3n) is 1.50. The molecule has 2 N–H and O–H groups in total. The predicted molar refractivity (Wildman–Crippen MR) is 44.1 cm³/mol. The van der Waals surface area contributed by atoms with Gasteiger partial charge in [-0.25, -0.2) is 9.97 Å². The van der Waals surface area contributed by atoms with Gasteiger partial charge in [-0.05, 0) is 12.1 Å². The number of nitrogens with zero attached hydrogens (tertiary/aromatic N) is 2. The highest BCUT2D eigenvalue weighted by Gasteiger charge is 2.04. The van der Waals surface area contributed by atoms with Gasteiger partial charge in [-0.15, -0.1) is 0 Å². The van der Waals surface area contributed by atoms with E-state index in [1.54, 1.807) is 24.6 Å². The second kappa shape index (κ2) is 2.65. The van der Waals surface area contributed by atoms with Crippen LogP contribution in [0, 0.1) is 0 Å². The quantitative estimate of drug-likeness (QED) is 0.685. The fourth-order valence-electron chi connectivity index (χ4n) is 0.960. The van der Waals surface area contributed by atoms with Crippen LogP contribution in [0.4, 0.5) is 5.69 Å². The van der Waals surface area contributed by atoms with Crippen molar-refractivity contribution in [3.63, 3.8) is 0 Å². The lowest BCUT2D eigenvalue weighted by Gasteiger charge is -1.97. The van der Waals surface area contributed by atoms with Gasteiger partial charge in [0, 0.05) is 0 Å². The van der Waals surface area contributed by atoms with Gasteiger partial charge in [0.1, 0.15) is 12.0 Å². The van der Waals surface area contributed by atoms with Crippen LogP contribution in [0.1, 0.15) is 0 Å². The van der Waals surface area contributed by atoms with Crippen molar-refractivity contribution in [2.24, 2.45) is 0 Å². The average Bonchev–Trinajstić information content (AvgIpc) is 2.57. The molecule has 0 fully saturated rings. The fraction of sp³-hybridized carbons (Fsp3) is 0. The van der Waals surface area contributed by atoms with E-state index >= 15 is 0 Å². The fourth-order valence-corrected chi connectivity index (χ4v) is 0.960. The average molecular weight is 161 g/mol. The van der Waals surface area contributed by atoms with Gasteiger partial charge in [0.2, 0.25) is 0 Å². The molecule has 0 radical (unpaired) electrons. The highest BCUT2D eigenvalue weighted by molar-refractivity contribution is 5.66. The lowest BCUT2D eigenvalue weighted by atomic mass is 10.3. The zero-order chi connectivity index (χ0) is 8.39. The molecule has 4 nitrogen and oxygen atoms in total. The lowest BCUT2D eigenvalue weighted by Crippen LogP contribution is -1.92. The van der Waals surface area contributed by atoms with Crippen LogP contribution in [0.2, 0.25) is 0 Å². The maximum atomic E-state index is 5.63. The molecule has 0 saturated heterocycles. The van der Waals surface area contributed by atoms with E-state index in [0.717, 1.165) is 0 Å². The molecule has 12 heavy (non-hydrogen) atoms. The van der Waals surface area contributed by atoms with Crippen molar-refractivity contribution in [2.45, 2.75) is 0 Å². The molecule has 0 aromatic carbocycles. The van der Waals surface area contributed by atoms with E-state index < -0.39 is 0 Å². The van der Waals surface area contributed by atoms with Crippen LogP contribution in [0.3, 0.4) is 0 Å². The zero-order valence-electron chi connectivity index (χ0n) is 6.27.